The maximum Gasteiger partial charge on any atom is 0.0450 e. The van der Waals surface area contributed by atoms with E-state index in [2.05, 4.69) is 27.0 Å². The molecular formula is C13H11BrClN. The van der Waals surface area contributed by atoms with Crippen LogP contribution >= 0.6 is 27.5 Å². The number of rotatable bonds is 3. The van der Waals surface area contributed by atoms with Crippen LogP contribution in [0.15, 0.2) is 48.8 Å². The van der Waals surface area contributed by atoms with E-state index in [9.17, 15) is 0 Å². The maximum atomic E-state index is 5.84. The highest BCUT2D eigenvalue weighted by Crippen LogP contribution is 2.26. The first-order valence-electron chi connectivity index (χ1n) is 5.04. The number of pyridine rings is 1. The van der Waals surface area contributed by atoms with E-state index < -0.39 is 0 Å². The number of nitrogens with zero attached hydrogens (tertiary/aromatic N) is 1. The first kappa shape index (κ1) is 11.6. The molecule has 1 aromatic heterocycles. The fourth-order valence-electron chi connectivity index (χ4n) is 1.51. The lowest BCUT2D eigenvalue weighted by molar-refractivity contribution is 0.939. The average Bonchev–Trinajstić information content (AvgIpc) is 2.33. The molecule has 1 unspecified atom stereocenters. The molecule has 0 aliphatic rings. The van der Waals surface area contributed by atoms with Crippen molar-refractivity contribution in [2.45, 2.75) is 11.2 Å². The Balaban J connectivity index is 2.08. The Morgan fingerprint density at radius 3 is 2.56 bits per heavy atom. The van der Waals surface area contributed by atoms with Crippen LogP contribution < -0.4 is 0 Å². The lowest BCUT2D eigenvalue weighted by Gasteiger charge is -2.09. The molecule has 0 bridgehead atoms. The van der Waals surface area contributed by atoms with Gasteiger partial charge in [-0.3, -0.25) is 4.98 Å². The van der Waals surface area contributed by atoms with Crippen LogP contribution in [-0.2, 0) is 6.42 Å². The zero-order valence-corrected chi connectivity index (χ0v) is 10.9. The maximum absolute atomic E-state index is 5.84. The Bertz CT molecular complexity index is 441. The first-order chi connectivity index (χ1) is 7.75. The summed E-state index contributed by atoms with van der Waals surface area (Å²) in [6, 6.07) is 12.0. The largest absolute Gasteiger partial charge is 0.264 e. The van der Waals surface area contributed by atoms with Gasteiger partial charge in [-0.15, -0.1) is 0 Å². The summed E-state index contributed by atoms with van der Waals surface area (Å²) in [4.78, 5) is 4.40. The van der Waals surface area contributed by atoms with Crippen molar-refractivity contribution in [2.24, 2.45) is 0 Å². The topological polar surface area (TPSA) is 12.9 Å². The van der Waals surface area contributed by atoms with E-state index in [1.807, 2.05) is 36.5 Å². The molecule has 3 heteroatoms. The molecule has 0 spiro atoms. The minimum atomic E-state index is 0.294. The van der Waals surface area contributed by atoms with Gasteiger partial charge in [0.05, 0.1) is 0 Å². The summed E-state index contributed by atoms with van der Waals surface area (Å²) in [6.45, 7) is 0. The molecule has 82 valence electrons. The van der Waals surface area contributed by atoms with E-state index in [4.69, 9.17) is 11.6 Å². The van der Waals surface area contributed by atoms with E-state index in [-0.39, 0.29) is 0 Å². The summed E-state index contributed by atoms with van der Waals surface area (Å²) >= 11 is 9.51. The number of hydrogen-bond acceptors (Lipinski definition) is 1. The van der Waals surface area contributed by atoms with Crippen molar-refractivity contribution in [2.75, 3.05) is 0 Å². The van der Waals surface area contributed by atoms with Gasteiger partial charge in [0, 0.05) is 22.2 Å². The van der Waals surface area contributed by atoms with Crippen molar-refractivity contribution in [3.63, 3.8) is 0 Å². The van der Waals surface area contributed by atoms with E-state index in [1.54, 1.807) is 6.20 Å². The Morgan fingerprint density at radius 2 is 1.94 bits per heavy atom. The summed E-state index contributed by atoms with van der Waals surface area (Å²) in [5, 5.41) is 0.774. The Kier molecular flexibility index (Phi) is 3.97. The van der Waals surface area contributed by atoms with Crippen molar-refractivity contribution in [3.05, 3.63) is 64.9 Å². The monoisotopic (exact) mass is 295 g/mol. The number of halogens is 2. The average molecular weight is 297 g/mol. The van der Waals surface area contributed by atoms with E-state index in [0.717, 1.165) is 11.4 Å². The van der Waals surface area contributed by atoms with Crippen molar-refractivity contribution in [3.8, 4) is 0 Å². The van der Waals surface area contributed by atoms with E-state index in [1.165, 1.54) is 11.1 Å². The smallest absolute Gasteiger partial charge is 0.0450 e. The van der Waals surface area contributed by atoms with Gasteiger partial charge in [-0.1, -0.05) is 45.7 Å². The fraction of sp³-hybridized carbons (Fsp3) is 0.154. The van der Waals surface area contributed by atoms with Gasteiger partial charge in [-0.2, -0.15) is 0 Å². The summed E-state index contributed by atoms with van der Waals surface area (Å²) in [6.07, 6.45) is 4.60. The van der Waals surface area contributed by atoms with Crippen LogP contribution in [0.1, 0.15) is 16.0 Å². The zero-order valence-electron chi connectivity index (χ0n) is 8.61. The Labute approximate surface area is 109 Å². The highest BCUT2D eigenvalue weighted by molar-refractivity contribution is 9.09. The van der Waals surface area contributed by atoms with Gasteiger partial charge in [0.2, 0.25) is 0 Å². The molecule has 0 N–H and O–H groups in total. The van der Waals surface area contributed by atoms with Crippen LogP contribution in [0.4, 0.5) is 0 Å². The fourth-order valence-corrected chi connectivity index (χ4v) is 2.28. The minimum absolute atomic E-state index is 0.294. The predicted octanol–water partition coefficient (Wildman–Crippen LogP) is 4.41. The Morgan fingerprint density at radius 1 is 1.19 bits per heavy atom. The molecule has 0 fully saturated rings. The molecule has 0 aliphatic carbocycles. The third kappa shape index (κ3) is 3.06. The molecule has 2 rings (SSSR count). The van der Waals surface area contributed by atoms with Crippen LogP contribution in [0.3, 0.4) is 0 Å². The molecule has 0 saturated carbocycles. The predicted molar refractivity (Wildman–Crippen MR) is 71.1 cm³/mol. The summed E-state index contributed by atoms with van der Waals surface area (Å²) in [5.74, 6) is 0. The highest BCUT2D eigenvalue weighted by Gasteiger charge is 2.07. The van der Waals surface area contributed by atoms with Crippen LogP contribution in [0.25, 0.3) is 0 Å². The number of hydrogen-bond donors (Lipinski definition) is 0. The van der Waals surface area contributed by atoms with Gasteiger partial charge < -0.3 is 0 Å². The summed E-state index contributed by atoms with van der Waals surface area (Å²) in [7, 11) is 0. The molecule has 0 aliphatic heterocycles. The van der Waals surface area contributed by atoms with Gasteiger partial charge in [-0.25, -0.2) is 0 Å². The van der Waals surface area contributed by atoms with Gasteiger partial charge in [-0.05, 0) is 35.7 Å². The molecule has 1 atom stereocenters. The zero-order chi connectivity index (χ0) is 11.4. The van der Waals surface area contributed by atoms with E-state index >= 15 is 0 Å². The molecule has 1 heterocycles. The lowest BCUT2D eigenvalue weighted by Crippen LogP contribution is -1.95. The first-order valence-corrected chi connectivity index (χ1v) is 6.33. The van der Waals surface area contributed by atoms with Gasteiger partial charge in [0.15, 0.2) is 0 Å². The minimum Gasteiger partial charge on any atom is -0.264 e. The van der Waals surface area contributed by atoms with Crippen LogP contribution in [0.2, 0.25) is 5.02 Å². The number of alkyl halides is 1. The van der Waals surface area contributed by atoms with Crippen LogP contribution in [-0.4, -0.2) is 4.98 Å². The molecule has 16 heavy (non-hydrogen) atoms. The van der Waals surface area contributed by atoms with Gasteiger partial charge in [0.25, 0.3) is 0 Å². The van der Waals surface area contributed by atoms with Crippen molar-refractivity contribution in [1.82, 2.24) is 4.98 Å². The quantitative estimate of drug-likeness (QED) is 0.764. The standard InChI is InChI=1S/C13H11BrClN/c14-13(11-2-1-7-16-9-11)8-10-3-5-12(15)6-4-10/h1-7,9,13H,8H2. The SMILES string of the molecule is Clc1ccc(CC(Br)c2cccnc2)cc1. The van der Waals surface area contributed by atoms with Crippen molar-refractivity contribution in [1.29, 1.82) is 0 Å². The number of benzene rings is 1. The highest BCUT2D eigenvalue weighted by atomic mass is 79.9. The summed E-state index contributed by atoms with van der Waals surface area (Å²) in [5.41, 5.74) is 2.45. The lowest BCUT2D eigenvalue weighted by atomic mass is 10.1. The van der Waals surface area contributed by atoms with Crippen LogP contribution in [0, 0.1) is 0 Å². The molecule has 0 saturated heterocycles. The second-order valence-electron chi connectivity index (χ2n) is 3.58. The second kappa shape index (κ2) is 5.46. The van der Waals surface area contributed by atoms with Crippen LogP contribution in [0.5, 0.6) is 0 Å². The summed E-state index contributed by atoms with van der Waals surface area (Å²) < 4.78 is 0. The molecule has 1 aromatic carbocycles. The third-order valence-electron chi connectivity index (χ3n) is 2.37. The molecular weight excluding hydrogens is 286 g/mol. The Hall–Kier alpha value is -0.860. The molecule has 0 radical (unpaired) electrons. The van der Waals surface area contributed by atoms with Crippen molar-refractivity contribution >= 4 is 27.5 Å². The normalized spacial score (nSPS) is 12.4. The van der Waals surface area contributed by atoms with Crippen molar-refractivity contribution < 1.29 is 0 Å². The van der Waals surface area contributed by atoms with E-state index in [0.29, 0.717) is 4.83 Å². The molecule has 0 amide bonds. The molecule has 1 nitrogen and oxygen atoms in total. The number of aromatic nitrogens is 1. The molecule has 2 aromatic rings. The third-order valence-corrected chi connectivity index (χ3v) is 3.48. The second-order valence-corrected chi connectivity index (χ2v) is 5.13. The van der Waals surface area contributed by atoms with Gasteiger partial charge >= 0.3 is 0 Å². The van der Waals surface area contributed by atoms with Gasteiger partial charge in [0.1, 0.15) is 0 Å².